The van der Waals surface area contributed by atoms with Crippen LogP contribution in [0.1, 0.15) is 13.3 Å². The number of fused-ring (bicyclic) bond motifs is 3. The van der Waals surface area contributed by atoms with E-state index in [1.165, 1.54) is 0 Å². The van der Waals surface area contributed by atoms with E-state index in [1.807, 2.05) is 18.2 Å². The number of nitrogens with one attached hydrogen (secondary N) is 1. The van der Waals surface area contributed by atoms with Gasteiger partial charge in [0.1, 0.15) is 11.3 Å². The van der Waals surface area contributed by atoms with E-state index in [9.17, 15) is 0 Å². The Morgan fingerprint density at radius 3 is 3.00 bits per heavy atom. The number of ether oxygens (including phenoxy) is 2. The second-order valence-electron chi connectivity index (χ2n) is 4.91. The first-order valence-electron chi connectivity index (χ1n) is 7.37. The van der Waals surface area contributed by atoms with Gasteiger partial charge in [0.25, 0.3) is 0 Å². The van der Waals surface area contributed by atoms with E-state index in [2.05, 4.69) is 17.2 Å². The summed E-state index contributed by atoms with van der Waals surface area (Å²) in [6, 6.07) is 6.02. The van der Waals surface area contributed by atoms with Crippen molar-refractivity contribution in [3.05, 3.63) is 24.4 Å². The molecule has 1 aromatic carbocycles. The van der Waals surface area contributed by atoms with Gasteiger partial charge in [-0.3, -0.25) is 4.98 Å². The first-order valence-corrected chi connectivity index (χ1v) is 8.19. The number of benzene rings is 1. The summed E-state index contributed by atoms with van der Waals surface area (Å²) < 4.78 is 12.0. The predicted octanol–water partition coefficient (Wildman–Crippen LogP) is 3.69. The van der Waals surface area contributed by atoms with E-state index in [-0.39, 0.29) is 0 Å². The maximum Gasteiger partial charge on any atom is 0.183 e. The van der Waals surface area contributed by atoms with Gasteiger partial charge < -0.3 is 14.8 Å². The third-order valence-corrected chi connectivity index (χ3v) is 4.22. The first-order chi connectivity index (χ1) is 10.8. The fraction of sp³-hybridized carbons (Fsp3) is 0.375. The number of aromatic nitrogens is 2. The molecule has 6 heteroatoms. The van der Waals surface area contributed by atoms with Crippen LogP contribution in [0.2, 0.25) is 0 Å². The van der Waals surface area contributed by atoms with Crippen molar-refractivity contribution in [1.82, 2.24) is 9.97 Å². The van der Waals surface area contributed by atoms with Crippen LogP contribution in [0.4, 0.5) is 5.13 Å². The number of nitrogens with zero attached hydrogens (tertiary/aromatic N) is 2. The molecule has 0 aliphatic carbocycles. The summed E-state index contributed by atoms with van der Waals surface area (Å²) in [5.41, 5.74) is 1.84. The molecular formula is C16H19N3O2S. The van der Waals surface area contributed by atoms with Crippen molar-refractivity contribution in [1.29, 1.82) is 0 Å². The molecule has 0 saturated heterocycles. The summed E-state index contributed by atoms with van der Waals surface area (Å²) in [4.78, 5) is 9.16. The van der Waals surface area contributed by atoms with Crippen LogP contribution in [-0.4, -0.2) is 36.8 Å². The molecule has 3 rings (SSSR count). The van der Waals surface area contributed by atoms with Crippen molar-refractivity contribution in [2.75, 3.05) is 32.2 Å². The van der Waals surface area contributed by atoms with Crippen LogP contribution in [0.15, 0.2) is 24.4 Å². The topological polar surface area (TPSA) is 56.3 Å². The zero-order valence-electron chi connectivity index (χ0n) is 12.8. The Labute approximate surface area is 133 Å². The minimum Gasteiger partial charge on any atom is -0.491 e. The van der Waals surface area contributed by atoms with Gasteiger partial charge in [0.05, 0.1) is 23.4 Å². The van der Waals surface area contributed by atoms with E-state index < -0.39 is 0 Å². The molecule has 0 amide bonds. The molecule has 2 aromatic heterocycles. The summed E-state index contributed by atoms with van der Waals surface area (Å²) in [5, 5.41) is 5.21. The highest BCUT2D eigenvalue weighted by Gasteiger charge is 2.13. The quantitative estimate of drug-likeness (QED) is 0.674. The fourth-order valence-electron chi connectivity index (χ4n) is 2.26. The van der Waals surface area contributed by atoms with Gasteiger partial charge >= 0.3 is 0 Å². The molecule has 116 valence electrons. The lowest BCUT2D eigenvalue weighted by Gasteiger charge is -2.07. The number of pyridine rings is 1. The van der Waals surface area contributed by atoms with Gasteiger partial charge in [0.2, 0.25) is 0 Å². The molecule has 0 aliphatic heterocycles. The molecule has 0 atom stereocenters. The highest BCUT2D eigenvalue weighted by molar-refractivity contribution is 7.22. The Morgan fingerprint density at radius 2 is 2.18 bits per heavy atom. The monoisotopic (exact) mass is 317 g/mol. The van der Waals surface area contributed by atoms with Gasteiger partial charge in [0.15, 0.2) is 5.13 Å². The van der Waals surface area contributed by atoms with Gasteiger partial charge in [-0.15, -0.1) is 0 Å². The van der Waals surface area contributed by atoms with Crippen LogP contribution < -0.4 is 10.1 Å². The van der Waals surface area contributed by atoms with E-state index in [0.717, 1.165) is 45.0 Å². The molecule has 0 unspecified atom stereocenters. The van der Waals surface area contributed by atoms with Crippen LogP contribution >= 0.6 is 11.3 Å². The van der Waals surface area contributed by atoms with Crippen molar-refractivity contribution in [3.8, 4) is 5.75 Å². The first kappa shape index (κ1) is 15.0. The Hall–Kier alpha value is -1.92. The average molecular weight is 317 g/mol. The molecule has 0 bridgehead atoms. The van der Waals surface area contributed by atoms with Crippen LogP contribution in [0.25, 0.3) is 21.1 Å². The lowest BCUT2D eigenvalue weighted by molar-refractivity contribution is 0.211. The van der Waals surface area contributed by atoms with E-state index in [1.54, 1.807) is 24.6 Å². The van der Waals surface area contributed by atoms with Crippen molar-refractivity contribution in [3.63, 3.8) is 0 Å². The van der Waals surface area contributed by atoms with Crippen molar-refractivity contribution < 1.29 is 9.47 Å². The molecule has 3 aromatic rings. The Bertz CT molecular complexity index is 773. The number of hydrogen-bond acceptors (Lipinski definition) is 6. The third-order valence-electron chi connectivity index (χ3n) is 3.26. The Balaban J connectivity index is 2.04. The minimum atomic E-state index is 0.656. The van der Waals surface area contributed by atoms with Crippen molar-refractivity contribution in [2.45, 2.75) is 13.3 Å². The highest BCUT2D eigenvalue weighted by atomic mass is 32.1. The summed E-state index contributed by atoms with van der Waals surface area (Å²) >= 11 is 1.62. The number of anilines is 1. The predicted molar refractivity (Wildman–Crippen MR) is 91.1 cm³/mol. The lowest BCUT2D eigenvalue weighted by atomic mass is 10.2. The lowest BCUT2D eigenvalue weighted by Crippen LogP contribution is -2.06. The number of hydrogen-bond donors (Lipinski definition) is 1. The molecule has 0 fully saturated rings. The van der Waals surface area contributed by atoms with Gasteiger partial charge in [0, 0.05) is 31.3 Å². The smallest absolute Gasteiger partial charge is 0.183 e. The number of thiazole rings is 1. The minimum absolute atomic E-state index is 0.656. The van der Waals surface area contributed by atoms with E-state index in [0.29, 0.717) is 13.2 Å². The number of methoxy groups -OCH3 is 1. The van der Waals surface area contributed by atoms with E-state index >= 15 is 0 Å². The van der Waals surface area contributed by atoms with E-state index in [4.69, 9.17) is 14.5 Å². The Kier molecular flexibility index (Phi) is 4.70. The molecule has 0 radical (unpaired) electrons. The average Bonchev–Trinajstić information content (AvgIpc) is 2.96. The molecule has 1 N–H and O–H groups in total. The summed E-state index contributed by atoms with van der Waals surface area (Å²) in [7, 11) is 1.69. The molecule has 0 aliphatic rings. The van der Waals surface area contributed by atoms with Crippen molar-refractivity contribution in [2.24, 2.45) is 0 Å². The Morgan fingerprint density at radius 1 is 1.27 bits per heavy atom. The number of rotatable bonds is 7. The summed E-state index contributed by atoms with van der Waals surface area (Å²) in [6.07, 6.45) is 2.76. The molecular weight excluding hydrogens is 298 g/mol. The van der Waals surface area contributed by atoms with Gasteiger partial charge in [-0.05, 0) is 18.6 Å². The molecule has 5 nitrogen and oxygen atoms in total. The summed E-state index contributed by atoms with van der Waals surface area (Å²) in [6.45, 7) is 4.18. The molecule has 0 spiro atoms. The molecule has 0 saturated carbocycles. The van der Waals surface area contributed by atoms with Crippen LogP contribution in [-0.2, 0) is 4.74 Å². The fourth-order valence-corrected chi connectivity index (χ4v) is 3.20. The zero-order chi connectivity index (χ0) is 15.4. The van der Waals surface area contributed by atoms with Crippen LogP contribution in [0, 0.1) is 0 Å². The van der Waals surface area contributed by atoms with Gasteiger partial charge in [-0.1, -0.05) is 18.3 Å². The largest absolute Gasteiger partial charge is 0.491 e. The molecule has 2 heterocycles. The van der Waals surface area contributed by atoms with Crippen molar-refractivity contribution >= 4 is 37.6 Å². The third kappa shape index (κ3) is 2.98. The second-order valence-corrected chi connectivity index (χ2v) is 5.94. The molecule has 22 heavy (non-hydrogen) atoms. The standard InChI is InChI=1S/C16H19N3O2S/c1-3-8-21-12-10-13-15(11-5-4-6-17-14(11)12)19-16(22-13)18-7-9-20-2/h4-6,10H,3,7-9H2,1-2H3,(H,18,19). The normalized spacial score (nSPS) is 11.2. The SMILES string of the molecule is CCCOc1cc2sc(NCCOC)nc2c2cccnc12. The zero-order valence-corrected chi connectivity index (χ0v) is 13.6. The second kappa shape index (κ2) is 6.89. The van der Waals surface area contributed by atoms with Gasteiger partial charge in [-0.25, -0.2) is 4.98 Å². The van der Waals surface area contributed by atoms with Crippen LogP contribution in [0.5, 0.6) is 5.75 Å². The van der Waals surface area contributed by atoms with Crippen LogP contribution in [0.3, 0.4) is 0 Å². The maximum absolute atomic E-state index is 5.86. The highest BCUT2D eigenvalue weighted by Crippen LogP contribution is 2.36. The maximum atomic E-state index is 5.86. The summed E-state index contributed by atoms with van der Waals surface area (Å²) in [5.74, 6) is 0.831. The van der Waals surface area contributed by atoms with Gasteiger partial charge in [-0.2, -0.15) is 0 Å².